The van der Waals surface area contributed by atoms with Crippen LogP contribution in [-0.2, 0) is 4.84 Å². The van der Waals surface area contributed by atoms with Crippen LogP contribution in [0, 0.1) is 5.92 Å². The van der Waals surface area contributed by atoms with Crippen molar-refractivity contribution in [1.29, 1.82) is 0 Å². The average Bonchev–Trinajstić information content (AvgIpc) is 2.19. The molecule has 1 saturated heterocycles. The van der Waals surface area contributed by atoms with Gasteiger partial charge in [0.15, 0.2) is 0 Å². The lowest BCUT2D eigenvalue weighted by atomic mass is 9.96. The van der Waals surface area contributed by atoms with E-state index >= 15 is 0 Å². The van der Waals surface area contributed by atoms with E-state index in [4.69, 9.17) is 4.84 Å². The van der Waals surface area contributed by atoms with Crippen LogP contribution in [-0.4, -0.2) is 6.61 Å². The molecule has 2 heteroatoms. The molecular weight excluding hydrogens is 162 g/mol. The van der Waals surface area contributed by atoms with Crippen LogP contribution in [0.4, 0.5) is 0 Å². The first-order valence-corrected chi connectivity index (χ1v) is 4.78. The summed E-state index contributed by atoms with van der Waals surface area (Å²) in [6.45, 7) is 3.04. The van der Waals surface area contributed by atoms with Crippen LogP contribution in [0.5, 0.6) is 0 Å². The van der Waals surface area contributed by atoms with E-state index in [2.05, 4.69) is 36.7 Å². The zero-order valence-corrected chi connectivity index (χ0v) is 7.86. The number of hydroxylamine groups is 1. The molecule has 1 aromatic rings. The van der Waals surface area contributed by atoms with Crippen LogP contribution < -0.4 is 5.48 Å². The molecule has 2 nitrogen and oxygen atoms in total. The van der Waals surface area contributed by atoms with Crippen LogP contribution in [0.3, 0.4) is 0 Å². The zero-order valence-electron chi connectivity index (χ0n) is 7.86. The standard InChI is InChI=1S/C11H15NO/c1-9-7-11(12-13-8-9)10-5-3-2-4-6-10/h2-6,9,11-12H,7-8H2,1H3/t9-,11-/m0/s1. The second kappa shape index (κ2) is 3.90. The molecule has 0 amide bonds. The quantitative estimate of drug-likeness (QED) is 0.710. The minimum Gasteiger partial charge on any atom is -0.301 e. The second-order valence-electron chi connectivity index (χ2n) is 3.73. The molecule has 0 aromatic heterocycles. The molecule has 1 heterocycles. The van der Waals surface area contributed by atoms with Gasteiger partial charge >= 0.3 is 0 Å². The van der Waals surface area contributed by atoms with Crippen molar-refractivity contribution in [3.63, 3.8) is 0 Å². The summed E-state index contributed by atoms with van der Waals surface area (Å²) < 4.78 is 0. The zero-order chi connectivity index (χ0) is 9.10. The summed E-state index contributed by atoms with van der Waals surface area (Å²) in [5, 5.41) is 0. The SMILES string of the molecule is C[C@@H]1CON[C@H](c2ccccc2)C1. The Hall–Kier alpha value is -0.860. The summed E-state index contributed by atoms with van der Waals surface area (Å²) in [6, 6.07) is 10.8. The molecule has 0 radical (unpaired) electrons. The molecule has 13 heavy (non-hydrogen) atoms. The molecule has 0 aliphatic carbocycles. The Balaban J connectivity index is 2.08. The molecule has 1 fully saturated rings. The largest absolute Gasteiger partial charge is 0.301 e. The lowest BCUT2D eigenvalue weighted by Gasteiger charge is -2.27. The third-order valence-electron chi connectivity index (χ3n) is 2.43. The predicted octanol–water partition coefficient (Wildman–Crippen LogP) is 2.29. The molecule has 1 aliphatic rings. The van der Waals surface area contributed by atoms with Crippen LogP contribution in [0.25, 0.3) is 0 Å². The Morgan fingerprint density at radius 3 is 2.77 bits per heavy atom. The summed E-state index contributed by atoms with van der Waals surface area (Å²) in [6.07, 6.45) is 1.16. The Labute approximate surface area is 78.9 Å². The molecule has 1 aliphatic heterocycles. The van der Waals surface area contributed by atoms with Crippen molar-refractivity contribution in [2.75, 3.05) is 6.61 Å². The summed E-state index contributed by atoms with van der Waals surface area (Å²) in [5.41, 5.74) is 4.38. The summed E-state index contributed by atoms with van der Waals surface area (Å²) in [5.74, 6) is 0.645. The highest BCUT2D eigenvalue weighted by Gasteiger charge is 2.19. The fourth-order valence-corrected chi connectivity index (χ4v) is 1.70. The molecule has 70 valence electrons. The van der Waals surface area contributed by atoms with Crippen molar-refractivity contribution in [3.8, 4) is 0 Å². The molecule has 0 bridgehead atoms. The van der Waals surface area contributed by atoms with Gasteiger partial charge in [-0.1, -0.05) is 37.3 Å². The normalized spacial score (nSPS) is 28.7. The third-order valence-corrected chi connectivity index (χ3v) is 2.43. The second-order valence-corrected chi connectivity index (χ2v) is 3.73. The molecule has 2 atom stereocenters. The first-order chi connectivity index (χ1) is 6.36. The first-order valence-electron chi connectivity index (χ1n) is 4.78. The number of hydrogen-bond acceptors (Lipinski definition) is 2. The van der Waals surface area contributed by atoms with Gasteiger partial charge in [-0.05, 0) is 17.9 Å². The molecule has 0 spiro atoms. The van der Waals surface area contributed by atoms with Crippen molar-refractivity contribution in [3.05, 3.63) is 35.9 Å². The number of hydrogen-bond donors (Lipinski definition) is 1. The summed E-state index contributed by atoms with van der Waals surface area (Å²) in [4.78, 5) is 5.30. The predicted molar refractivity (Wildman–Crippen MR) is 52.1 cm³/mol. The number of rotatable bonds is 1. The maximum Gasteiger partial charge on any atom is 0.0708 e. The van der Waals surface area contributed by atoms with Crippen molar-refractivity contribution in [2.24, 2.45) is 5.92 Å². The van der Waals surface area contributed by atoms with E-state index in [1.54, 1.807) is 0 Å². The minimum absolute atomic E-state index is 0.366. The van der Waals surface area contributed by atoms with Gasteiger partial charge in [0, 0.05) is 0 Å². The van der Waals surface area contributed by atoms with Crippen molar-refractivity contribution < 1.29 is 4.84 Å². The van der Waals surface area contributed by atoms with Crippen LogP contribution >= 0.6 is 0 Å². The average molecular weight is 177 g/mol. The summed E-state index contributed by atoms with van der Waals surface area (Å²) >= 11 is 0. The van der Waals surface area contributed by atoms with Gasteiger partial charge in [-0.2, -0.15) is 5.48 Å². The Morgan fingerprint density at radius 1 is 1.31 bits per heavy atom. The van der Waals surface area contributed by atoms with Gasteiger partial charge in [0.1, 0.15) is 0 Å². The molecule has 1 aromatic carbocycles. The first kappa shape index (κ1) is 8.73. The number of nitrogens with one attached hydrogen (secondary N) is 1. The lowest BCUT2D eigenvalue weighted by Crippen LogP contribution is -2.32. The summed E-state index contributed by atoms with van der Waals surface area (Å²) in [7, 11) is 0. The van der Waals surface area contributed by atoms with Crippen LogP contribution in [0.1, 0.15) is 24.9 Å². The molecule has 0 unspecified atom stereocenters. The topological polar surface area (TPSA) is 21.3 Å². The highest BCUT2D eigenvalue weighted by molar-refractivity contribution is 5.18. The van der Waals surface area contributed by atoms with E-state index in [9.17, 15) is 0 Å². The van der Waals surface area contributed by atoms with E-state index < -0.39 is 0 Å². The van der Waals surface area contributed by atoms with E-state index in [0.29, 0.717) is 12.0 Å². The lowest BCUT2D eigenvalue weighted by molar-refractivity contribution is -0.0455. The monoisotopic (exact) mass is 177 g/mol. The van der Waals surface area contributed by atoms with E-state index in [0.717, 1.165) is 13.0 Å². The van der Waals surface area contributed by atoms with Gasteiger partial charge in [0.05, 0.1) is 12.6 Å². The maximum absolute atomic E-state index is 5.30. The van der Waals surface area contributed by atoms with Gasteiger partial charge in [-0.25, -0.2) is 0 Å². The minimum atomic E-state index is 0.366. The van der Waals surface area contributed by atoms with Crippen molar-refractivity contribution in [2.45, 2.75) is 19.4 Å². The highest BCUT2D eigenvalue weighted by atomic mass is 16.6. The van der Waals surface area contributed by atoms with Gasteiger partial charge in [0.2, 0.25) is 0 Å². The van der Waals surface area contributed by atoms with Gasteiger partial charge in [0.25, 0.3) is 0 Å². The van der Waals surface area contributed by atoms with E-state index in [-0.39, 0.29) is 0 Å². The fraction of sp³-hybridized carbons (Fsp3) is 0.455. The third kappa shape index (κ3) is 2.08. The highest BCUT2D eigenvalue weighted by Crippen LogP contribution is 2.24. The fourth-order valence-electron chi connectivity index (χ4n) is 1.70. The Bertz CT molecular complexity index is 260. The molecule has 2 rings (SSSR count). The Kier molecular flexibility index (Phi) is 2.62. The smallest absolute Gasteiger partial charge is 0.0708 e. The van der Waals surface area contributed by atoms with Gasteiger partial charge in [-0.3, -0.25) is 0 Å². The van der Waals surface area contributed by atoms with Crippen LogP contribution in [0.15, 0.2) is 30.3 Å². The maximum atomic E-state index is 5.30. The van der Waals surface area contributed by atoms with Crippen molar-refractivity contribution in [1.82, 2.24) is 5.48 Å². The van der Waals surface area contributed by atoms with Crippen molar-refractivity contribution >= 4 is 0 Å². The van der Waals surface area contributed by atoms with E-state index in [1.165, 1.54) is 5.56 Å². The van der Waals surface area contributed by atoms with Gasteiger partial charge < -0.3 is 4.84 Å². The van der Waals surface area contributed by atoms with Gasteiger partial charge in [-0.15, -0.1) is 0 Å². The Morgan fingerprint density at radius 2 is 2.08 bits per heavy atom. The molecule has 1 N–H and O–H groups in total. The van der Waals surface area contributed by atoms with Crippen LogP contribution in [0.2, 0.25) is 0 Å². The van der Waals surface area contributed by atoms with E-state index in [1.807, 2.05) is 6.07 Å². The number of benzene rings is 1. The molecular formula is C11H15NO. The molecule has 0 saturated carbocycles.